The minimum Gasteiger partial charge on any atom is -0.370 e. The summed E-state index contributed by atoms with van der Waals surface area (Å²) in [7, 11) is 1.86. The van der Waals surface area contributed by atoms with Crippen molar-refractivity contribution in [1.29, 1.82) is 5.26 Å². The van der Waals surface area contributed by atoms with E-state index in [1.807, 2.05) is 19.2 Å². The molecule has 4 nitrogen and oxygen atoms in total. The summed E-state index contributed by atoms with van der Waals surface area (Å²) in [5.41, 5.74) is 7.39. The number of nitrogens with zero attached hydrogens (tertiary/aromatic N) is 3. The summed E-state index contributed by atoms with van der Waals surface area (Å²) in [4.78, 5) is 6.16. The number of nitriles is 1. The highest BCUT2D eigenvalue weighted by Gasteiger charge is 2.21. The molecular weight excluding hydrogens is 200 g/mol. The first-order valence-corrected chi connectivity index (χ1v) is 5.28. The van der Waals surface area contributed by atoms with Crippen LogP contribution in [-0.4, -0.2) is 19.0 Å². The van der Waals surface area contributed by atoms with E-state index in [0.29, 0.717) is 17.6 Å². The highest BCUT2D eigenvalue weighted by Crippen LogP contribution is 2.24. The Bertz CT molecular complexity index is 454. The third-order valence-electron chi connectivity index (χ3n) is 2.57. The molecular formula is C12H14N4. The van der Waals surface area contributed by atoms with Gasteiger partial charge in [-0.3, -0.25) is 0 Å². The van der Waals surface area contributed by atoms with Crippen LogP contribution >= 0.6 is 0 Å². The summed E-state index contributed by atoms with van der Waals surface area (Å²) in [5.74, 6) is 0.512. The maximum atomic E-state index is 8.81. The fraction of sp³-hybridized carbons (Fsp3) is 0.333. The van der Waals surface area contributed by atoms with Gasteiger partial charge in [0.15, 0.2) is 5.96 Å². The van der Waals surface area contributed by atoms with Gasteiger partial charge in [0.05, 0.1) is 17.7 Å². The quantitative estimate of drug-likeness (QED) is 0.599. The minimum atomic E-state index is 0.404. The highest BCUT2D eigenvalue weighted by atomic mass is 15.2. The molecule has 1 aliphatic carbocycles. The van der Waals surface area contributed by atoms with E-state index in [1.54, 1.807) is 17.0 Å². The van der Waals surface area contributed by atoms with Crippen molar-refractivity contribution in [3.63, 3.8) is 0 Å². The molecule has 16 heavy (non-hydrogen) atoms. The molecule has 0 spiro atoms. The molecule has 82 valence electrons. The Morgan fingerprint density at radius 1 is 1.56 bits per heavy atom. The first-order valence-electron chi connectivity index (χ1n) is 5.28. The van der Waals surface area contributed by atoms with Crippen LogP contribution in [-0.2, 0) is 0 Å². The number of nitrogens with two attached hydrogens (primary N) is 1. The lowest BCUT2D eigenvalue weighted by molar-refractivity contribution is 1.03. The summed E-state index contributed by atoms with van der Waals surface area (Å²) in [6.07, 6.45) is 2.26. The van der Waals surface area contributed by atoms with Crippen LogP contribution in [0.15, 0.2) is 29.3 Å². The Morgan fingerprint density at radius 3 is 2.94 bits per heavy atom. The maximum Gasteiger partial charge on any atom is 0.195 e. The lowest BCUT2D eigenvalue weighted by Crippen LogP contribution is -2.34. The van der Waals surface area contributed by atoms with Gasteiger partial charge in [-0.2, -0.15) is 5.26 Å². The van der Waals surface area contributed by atoms with Crippen LogP contribution in [0, 0.1) is 11.3 Å². The standard InChI is InChI=1S/C12H14N4/c1-16(12(14)15-10-5-6-10)11-4-2-3-9(7-11)8-13/h2-4,7,10H,5-6H2,1H3,(H2,14,15). The summed E-state index contributed by atoms with van der Waals surface area (Å²) in [5, 5.41) is 8.81. The molecule has 1 aromatic rings. The third-order valence-corrected chi connectivity index (χ3v) is 2.57. The van der Waals surface area contributed by atoms with E-state index in [4.69, 9.17) is 11.0 Å². The number of hydrogen-bond donors (Lipinski definition) is 1. The Morgan fingerprint density at radius 2 is 2.31 bits per heavy atom. The van der Waals surface area contributed by atoms with Crippen molar-refractivity contribution in [2.75, 3.05) is 11.9 Å². The van der Waals surface area contributed by atoms with Crippen molar-refractivity contribution in [3.05, 3.63) is 29.8 Å². The van der Waals surface area contributed by atoms with E-state index in [9.17, 15) is 0 Å². The first-order chi connectivity index (χ1) is 7.70. The topological polar surface area (TPSA) is 65.4 Å². The van der Waals surface area contributed by atoms with Crippen LogP contribution in [0.3, 0.4) is 0 Å². The molecule has 1 aliphatic rings. The molecule has 0 atom stereocenters. The zero-order valence-electron chi connectivity index (χ0n) is 9.22. The number of hydrogen-bond acceptors (Lipinski definition) is 2. The Balaban J connectivity index is 2.19. The molecule has 0 unspecified atom stereocenters. The lowest BCUT2D eigenvalue weighted by atomic mass is 10.2. The van der Waals surface area contributed by atoms with E-state index >= 15 is 0 Å². The fourth-order valence-corrected chi connectivity index (χ4v) is 1.39. The van der Waals surface area contributed by atoms with Crippen LogP contribution in [0.4, 0.5) is 5.69 Å². The van der Waals surface area contributed by atoms with Gasteiger partial charge in [0.25, 0.3) is 0 Å². The number of guanidine groups is 1. The van der Waals surface area contributed by atoms with Gasteiger partial charge < -0.3 is 10.6 Å². The van der Waals surface area contributed by atoms with E-state index in [1.165, 1.54) is 0 Å². The SMILES string of the molecule is CN(C(N)=NC1CC1)c1cccc(C#N)c1. The molecule has 0 radical (unpaired) electrons. The van der Waals surface area contributed by atoms with Crippen molar-refractivity contribution in [1.82, 2.24) is 0 Å². The molecule has 1 fully saturated rings. The van der Waals surface area contributed by atoms with Crippen LogP contribution in [0.1, 0.15) is 18.4 Å². The normalized spacial score (nSPS) is 15.6. The zero-order valence-corrected chi connectivity index (χ0v) is 9.22. The van der Waals surface area contributed by atoms with E-state index in [0.717, 1.165) is 18.5 Å². The monoisotopic (exact) mass is 214 g/mol. The number of benzene rings is 1. The molecule has 1 aromatic carbocycles. The predicted octanol–water partition coefficient (Wildman–Crippen LogP) is 1.47. The number of anilines is 1. The second-order valence-electron chi connectivity index (χ2n) is 3.94. The average molecular weight is 214 g/mol. The van der Waals surface area contributed by atoms with Gasteiger partial charge in [-0.15, -0.1) is 0 Å². The summed E-state index contributed by atoms with van der Waals surface area (Å²) < 4.78 is 0. The van der Waals surface area contributed by atoms with Crippen molar-refractivity contribution in [2.45, 2.75) is 18.9 Å². The van der Waals surface area contributed by atoms with Gasteiger partial charge in [0, 0.05) is 12.7 Å². The Labute approximate surface area is 95.0 Å². The van der Waals surface area contributed by atoms with E-state index in [-0.39, 0.29) is 0 Å². The van der Waals surface area contributed by atoms with Crippen molar-refractivity contribution >= 4 is 11.6 Å². The summed E-state index contributed by atoms with van der Waals surface area (Å²) in [6, 6.07) is 9.84. The molecule has 0 heterocycles. The van der Waals surface area contributed by atoms with Crippen LogP contribution in [0.25, 0.3) is 0 Å². The van der Waals surface area contributed by atoms with Gasteiger partial charge in [0.2, 0.25) is 0 Å². The molecule has 2 N–H and O–H groups in total. The van der Waals surface area contributed by atoms with Crippen LogP contribution in [0.5, 0.6) is 0 Å². The molecule has 0 aromatic heterocycles. The average Bonchev–Trinajstić information content (AvgIpc) is 3.12. The number of aliphatic imine (C=N–C) groups is 1. The third kappa shape index (κ3) is 2.31. The predicted molar refractivity (Wildman–Crippen MR) is 64.2 cm³/mol. The largest absolute Gasteiger partial charge is 0.370 e. The minimum absolute atomic E-state index is 0.404. The fourth-order valence-electron chi connectivity index (χ4n) is 1.39. The smallest absolute Gasteiger partial charge is 0.195 e. The molecule has 0 saturated heterocycles. The van der Waals surface area contributed by atoms with E-state index in [2.05, 4.69) is 11.1 Å². The van der Waals surface area contributed by atoms with Crippen LogP contribution in [0.2, 0.25) is 0 Å². The zero-order chi connectivity index (χ0) is 11.5. The van der Waals surface area contributed by atoms with Gasteiger partial charge >= 0.3 is 0 Å². The summed E-state index contributed by atoms with van der Waals surface area (Å²) >= 11 is 0. The molecule has 0 bridgehead atoms. The van der Waals surface area contributed by atoms with Crippen molar-refractivity contribution in [3.8, 4) is 6.07 Å². The van der Waals surface area contributed by atoms with Gasteiger partial charge in [-0.1, -0.05) is 6.07 Å². The molecule has 2 rings (SSSR count). The summed E-state index contributed by atoms with van der Waals surface area (Å²) in [6.45, 7) is 0. The second-order valence-corrected chi connectivity index (χ2v) is 3.94. The van der Waals surface area contributed by atoms with Gasteiger partial charge in [-0.25, -0.2) is 4.99 Å². The highest BCUT2D eigenvalue weighted by molar-refractivity contribution is 5.94. The Hall–Kier alpha value is -2.02. The van der Waals surface area contributed by atoms with E-state index < -0.39 is 0 Å². The Kier molecular flexibility index (Phi) is 2.78. The maximum absolute atomic E-state index is 8.81. The molecule has 0 amide bonds. The second kappa shape index (κ2) is 4.23. The first kappa shape index (κ1) is 10.5. The van der Waals surface area contributed by atoms with Crippen LogP contribution < -0.4 is 10.6 Å². The molecule has 0 aliphatic heterocycles. The van der Waals surface area contributed by atoms with Gasteiger partial charge in [0.1, 0.15) is 0 Å². The number of rotatable bonds is 2. The van der Waals surface area contributed by atoms with Gasteiger partial charge in [-0.05, 0) is 31.0 Å². The van der Waals surface area contributed by atoms with Crippen molar-refractivity contribution in [2.24, 2.45) is 10.7 Å². The molecule has 4 heteroatoms. The molecule has 1 saturated carbocycles. The van der Waals surface area contributed by atoms with Crippen molar-refractivity contribution < 1.29 is 0 Å². The lowest BCUT2D eigenvalue weighted by Gasteiger charge is -2.18.